The Balaban J connectivity index is 2.17. The van der Waals surface area contributed by atoms with E-state index in [9.17, 15) is 0 Å². The average Bonchev–Trinajstić information content (AvgIpc) is 2.22. The molecule has 1 saturated heterocycles. The zero-order chi connectivity index (χ0) is 6.32. The Hall–Kier alpha value is -0.0400. The van der Waals surface area contributed by atoms with Crippen LogP contribution in [0.25, 0.3) is 0 Å². The molecule has 2 rings (SSSR count). The summed E-state index contributed by atoms with van der Waals surface area (Å²) in [6, 6.07) is 0. The minimum atomic E-state index is 0.583. The van der Waals surface area contributed by atoms with Gasteiger partial charge < -0.3 is 4.74 Å². The molecule has 0 unspecified atom stereocenters. The molecule has 2 atom stereocenters. The fraction of sp³-hybridized carbons (Fsp3) is 1.00. The van der Waals surface area contributed by atoms with Gasteiger partial charge in [-0.2, -0.15) is 0 Å². The van der Waals surface area contributed by atoms with Crippen molar-refractivity contribution in [2.24, 2.45) is 5.41 Å². The summed E-state index contributed by atoms with van der Waals surface area (Å²) in [5.74, 6) is 0. The highest BCUT2D eigenvalue weighted by Crippen LogP contribution is 2.46. The molecule has 1 heterocycles. The van der Waals surface area contributed by atoms with Crippen molar-refractivity contribution in [2.45, 2.75) is 38.7 Å². The largest absolute Gasteiger partial charge is 0.378 e. The predicted octanol–water partition coefficient (Wildman–Crippen LogP) is 1.97. The van der Waals surface area contributed by atoms with Gasteiger partial charge in [0.2, 0.25) is 0 Å². The van der Waals surface area contributed by atoms with Gasteiger partial charge in [-0.05, 0) is 24.7 Å². The summed E-state index contributed by atoms with van der Waals surface area (Å²) in [6.45, 7) is 3.39. The molecule has 1 saturated carbocycles. The summed E-state index contributed by atoms with van der Waals surface area (Å²) in [6.07, 6.45) is 6.03. The van der Waals surface area contributed by atoms with Crippen LogP contribution in [0.3, 0.4) is 0 Å². The predicted molar refractivity (Wildman–Crippen MR) is 36.3 cm³/mol. The van der Waals surface area contributed by atoms with Crippen molar-refractivity contribution < 1.29 is 4.74 Å². The first-order chi connectivity index (χ1) is 4.31. The molecule has 0 aromatic carbocycles. The summed E-state index contributed by atoms with van der Waals surface area (Å²) in [7, 11) is 0. The van der Waals surface area contributed by atoms with Crippen LogP contribution in [-0.4, -0.2) is 12.7 Å². The highest BCUT2D eigenvalue weighted by molar-refractivity contribution is 4.92. The average molecular weight is 126 g/mol. The minimum absolute atomic E-state index is 0.583. The first-order valence-electron chi connectivity index (χ1n) is 3.93. The molecule has 0 bridgehead atoms. The van der Waals surface area contributed by atoms with Crippen molar-refractivity contribution in [1.29, 1.82) is 0 Å². The van der Waals surface area contributed by atoms with E-state index in [4.69, 9.17) is 4.74 Å². The van der Waals surface area contributed by atoms with Gasteiger partial charge in [-0.3, -0.25) is 0 Å². The lowest BCUT2D eigenvalue weighted by Crippen LogP contribution is -2.20. The fourth-order valence-corrected chi connectivity index (χ4v) is 2.21. The number of ether oxygens (including phenoxy) is 1. The Morgan fingerprint density at radius 2 is 2.33 bits per heavy atom. The number of hydrogen-bond donors (Lipinski definition) is 0. The van der Waals surface area contributed by atoms with E-state index in [-0.39, 0.29) is 0 Å². The molecule has 1 nitrogen and oxygen atoms in total. The van der Waals surface area contributed by atoms with Crippen molar-refractivity contribution >= 4 is 0 Å². The van der Waals surface area contributed by atoms with E-state index in [0.29, 0.717) is 11.5 Å². The zero-order valence-corrected chi connectivity index (χ0v) is 6.02. The molecule has 2 fully saturated rings. The van der Waals surface area contributed by atoms with Gasteiger partial charge in [0.05, 0.1) is 6.10 Å². The Kier molecular flexibility index (Phi) is 1.10. The fourth-order valence-electron chi connectivity index (χ4n) is 2.21. The number of hydrogen-bond acceptors (Lipinski definition) is 1. The van der Waals surface area contributed by atoms with Crippen LogP contribution < -0.4 is 0 Å². The first kappa shape index (κ1) is 5.72. The lowest BCUT2D eigenvalue weighted by molar-refractivity contribution is 0.0772. The van der Waals surface area contributed by atoms with Crippen LogP contribution in [0.1, 0.15) is 32.6 Å². The van der Waals surface area contributed by atoms with Crippen molar-refractivity contribution in [1.82, 2.24) is 0 Å². The maximum Gasteiger partial charge on any atom is 0.0629 e. The molecule has 0 N–H and O–H groups in total. The maximum atomic E-state index is 5.58. The first-order valence-corrected chi connectivity index (χ1v) is 3.93. The second kappa shape index (κ2) is 1.72. The number of fused-ring (bicyclic) bond motifs is 1. The highest BCUT2D eigenvalue weighted by Gasteiger charge is 2.43. The van der Waals surface area contributed by atoms with E-state index in [2.05, 4.69) is 6.92 Å². The highest BCUT2D eigenvalue weighted by atomic mass is 16.5. The normalized spacial score (nSPS) is 49.7. The summed E-state index contributed by atoms with van der Waals surface area (Å²) in [5.41, 5.74) is 0.583. The van der Waals surface area contributed by atoms with Crippen molar-refractivity contribution in [3.05, 3.63) is 0 Å². The quantitative estimate of drug-likeness (QED) is 0.482. The van der Waals surface area contributed by atoms with Crippen molar-refractivity contribution in [2.75, 3.05) is 6.61 Å². The van der Waals surface area contributed by atoms with Crippen LogP contribution in [0.5, 0.6) is 0 Å². The molecular formula is C8H14O. The van der Waals surface area contributed by atoms with E-state index in [0.717, 1.165) is 6.61 Å². The van der Waals surface area contributed by atoms with E-state index in [1.165, 1.54) is 25.7 Å². The number of rotatable bonds is 0. The van der Waals surface area contributed by atoms with Gasteiger partial charge in [-0.25, -0.2) is 0 Å². The molecule has 0 aromatic heterocycles. The van der Waals surface area contributed by atoms with Gasteiger partial charge in [0.25, 0.3) is 0 Å². The Labute approximate surface area is 56.4 Å². The zero-order valence-electron chi connectivity index (χ0n) is 6.02. The van der Waals surface area contributed by atoms with Crippen molar-refractivity contribution in [3.63, 3.8) is 0 Å². The molecule has 0 radical (unpaired) electrons. The van der Waals surface area contributed by atoms with Crippen molar-refractivity contribution in [3.8, 4) is 0 Å². The molecule has 9 heavy (non-hydrogen) atoms. The third-order valence-electron chi connectivity index (χ3n) is 2.98. The molecule has 2 aliphatic rings. The van der Waals surface area contributed by atoms with E-state index >= 15 is 0 Å². The summed E-state index contributed by atoms with van der Waals surface area (Å²) in [4.78, 5) is 0. The van der Waals surface area contributed by atoms with Crippen LogP contribution in [0.15, 0.2) is 0 Å². The molecular weight excluding hydrogens is 112 g/mol. The van der Waals surface area contributed by atoms with Gasteiger partial charge in [0, 0.05) is 6.61 Å². The van der Waals surface area contributed by atoms with Gasteiger partial charge in [0.15, 0.2) is 0 Å². The Morgan fingerprint density at radius 1 is 1.44 bits per heavy atom. The minimum Gasteiger partial charge on any atom is -0.378 e. The topological polar surface area (TPSA) is 9.23 Å². The third-order valence-corrected chi connectivity index (χ3v) is 2.98. The summed E-state index contributed by atoms with van der Waals surface area (Å²) < 4.78 is 5.58. The van der Waals surface area contributed by atoms with Crippen LogP contribution in [0, 0.1) is 5.41 Å². The molecule has 52 valence electrons. The van der Waals surface area contributed by atoms with E-state index < -0.39 is 0 Å². The van der Waals surface area contributed by atoms with Crippen LogP contribution in [0.2, 0.25) is 0 Å². The third kappa shape index (κ3) is 0.710. The molecule has 0 aromatic rings. The Bertz CT molecular complexity index is 110. The molecule has 1 aliphatic heterocycles. The lowest BCUT2D eigenvalue weighted by atomic mass is 9.86. The van der Waals surface area contributed by atoms with Gasteiger partial charge in [0.1, 0.15) is 0 Å². The summed E-state index contributed by atoms with van der Waals surface area (Å²) in [5, 5.41) is 0. The molecule has 1 heteroatoms. The smallest absolute Gasteiger partial charge is 0.0629 e. The lowest BCUT2D eigenvalue weighted by Gasteiger charge is -2.20. The van der Waals surface area contributed by atoms with Crippen LogP contribution >= 0.6 is 0 Å². The van der Waals surface area contributed by atoms with E-state index in [1.807, 2.05) is 0 Å². The summed E-state index contributed by atoms with van der Waals surface area (Å²) >= 11 is 0. The maximum absolute atomic E-state index is 5.58. The molecule has 0 amide bonds. The Morgan fingerprint density at radius 3 is 3.11 bits per heavy atom. The van der Waals surface area contributed by atoms with E-state index in [1.54, 1.807) is 0 Å². The second-order valence-electron chi connectivity index (χ2n) is 3.66. The second-order valence-corrected chi connectivity index (χ2v) is 3.66. The van der Waals surface area contributed by atoms with Gasteiger partial charge >= 0.3 is 0 Å². The van der Waals surface area contributed by atoms with Gasteiger partial charge in [-0.15, -0.1) is 0 Å². The van der Waals surface area contributed by atoms with Gasteiger partial charge in [-0.1, -0.05) is 13.3 Å². The van der Waals surface area contributed by atoms with Crippen LogP contribution in [-0.2, 0) is 4.74 Å². The SMILES string of the molecule is C[C@@]12CCC[C@@H]1OCC2. The molecule has 1 aliphatic carbocycles. The van der Waals surface area contributed by atoms with Crippen LogP contribution in [0.4, 0.5) is 0 Å². The monoisotopic (exact) mass is 126 g/mol. The molecule has 0 spiro atoms. The standard InChI is InChI=1S/C8H14O/c1-8-4-2-3-7(8)9-6-5-8/h7H,2-6H2,1H3/t7-,8-/m0/s1.